The normalized spacial score (nSPS) is 13.0. The molecule has 2 aromatic carbocycles. The van der Waals surface area contributed by atoms with Crippen LogP contribution in [0.1, 0.15) is 36.6 Å². The first-order valence-corrected chi connectivity index (χ1v) is 7.65. The van der Waals surface area contributed by atoms with E-state index in [1.807, 2.05) is 36.4 Å². The molecule has 2 atom stereocenters. The zero-order chi connectivity index (χ0) is 15.9. The summed E-state index contributed by atoms with van der Waals surface area (Å²) in [6.07, 6.45) is 0.959. The number of aliphatic carboxylic acids is 1. The van der Waals surface area contributed by atoms with Crippen molar-refractivity contribution >= 4 is 18.4 Å². The van der Waals surface area contributed by atoms with E-state index in [4.69, 9.17) is 5.11 Å². The monoisotopic (exact) mass is 333 g/mol. The highest BCUT2D eigenvalue weighted by molar-refractivity contribution is 5.85. The van der Waals surface area contributed by atoms with E-state index in [1.54, 1.807) is 0 Å². The molecule has 2 aromatic rings. The van der Waals surface area contributed by atoms with Gasteiger partial charge < -0.3 is 10.4 Å². The van der Waals surface area contributed by atoms with E-state index in [2.05, 4.69) is 37.4 Å². The number of carboxylic acid groups (broad SMARTS) is 1. The van der Waals surface area contributed by atoms with Crippen LogP contribution >= 0.6 is 12.4 Å². The van der Waals surface area contributed by atoms with E-state index in [9.17, 15) is 4.79 Å². The second kappa shape index (κ2) is 9.33. The van der Waals surface area contributed by atoms with Gasteiger partial charge in [0, 0.05) is 12.1 Å². The van der Waals surface area contributed by atoms with Gasteiger partial charge in [-0.25, -0.2) is 0 Å². The highest BCUT2D eigenvalue weighted by Gasteiger charge is 2.10. The van der Waals surface area contributed by atoms with E-state index >= 15 is 0 Å². The van der Waals surface area contributed by atoms with Gasteiger partial charge in [-0.05, 0) is 37.0 Å². The van der Waals surface area contributed by atoms with Crippen LogP contribution in [-0.2, 0) is 17.6 Å². The average molecular weight is 334 g/mol. The van der Waals surface area contributed by atoms with E-state index < -0.39 is 5.97 Å². The van der Waals surface area contributed by atoms with Crippen molar-refractivity contribution in [2.24, 2.45) is 0 Å². The first-order chi connectivity index (χ1) is 10.5. The molecule has 0 aliphatic heterocycles. The van der Waals surface area contributed by atoms with E-state index in [0.717, 1.165) is 12.0 Å². The first kappa shape index (κ1) is 19.2. The van der Waals surface area contributed by atoms with E-state index in [0.29, 0.717) is 12.1 Å². The van der Waals surface area contributed by atoms with Gasteiger partial charge in [0.15, 0.2) is 0 Å². The second-order valence-corrected chi connectivity index (χ2v) is 5.79. The Morgan fingerprint density at radius 2 is 1.70 bits per heavy atom. The average Bonchev–Trinajstić information content (AvgIpc) is 2.47. The Balaban J connectivity index is 0.00000264. The first-order valence-electron chi connectivity index (χ1n) is 7.65. The summed E-state index contributed by atoms with van der Waals surface area (Å²) in [5, 5.41) is 12.5. The molecule has 0 saturated heterocycles. The quantitative estimate of drug-likeness (QED) is 0.804. The van der Waals surface area contributed by atoms with Crippen LogP contribution in [0.3, 0.4) is 0 Å². The number of benzene rings is 2. The fourth-order valence-electron chi connectivity index (χ4n) is 2.72. The topological polar surface area (TPSA) is 49.3 Å². The molecule has 0 radical (unpaired) electrons. The van der Waals surface area contributed by atoms with Crippen LogP contribution in [-0.4, -0.2) is 17.1 Å². The number of hydrogen-bond acceptors (Lipinski definition) is 2. The summed E-state index contributed by atoms with van der Waals surface area (Å²) in [4.78, 5) is 10.8. The van der Waals surface area contributed by atoms with Crippen LogP contribution in [0.4, 0.5) is 0 Å². The van der Waals surface area contributed by atoms with Gasteiger partial charge in [-0.2, -0.15) is 0 Å². The number of halogens is 1. The van der Waals surface area contributed by atoms with Crippen molar-refractivity contribution in [1.29, 1.82) is 0 Å². The van der Waals surface area contributed by atoms with Gasteiger partial charge in [0.1, 0.15) is 0 Å². The Labute approximate surface area is 144 Å². The fraction of sp³-hybridized carbons (Fsp3) is 0.316. The predicted molar refractivity (Wildman–Crippen MR) is 96.2 cm³/mol. The molecule has 0 aliphatic carbocycles. The van der Waals surface area contributed by atoms with Crippen molar-refractivity contribution in [2.75, 3.05) is 0 Å². The van der Waals surface area contributed by atoms with Crippen LogP contribution in [0.25, 0.3) is 0 Å². The minimum Gasteiger partial charge on any atom is -0.481 e. The smallest absolute Gasteiger partial charge is 0.307 e. The molecule has 3 nitrogen and oxygen atoms in total. The third-order valence-electron chi connectivity index (χ3n) is 3.72. The molecule has 0 bridgehead atoms. The summed E-state index contributed by atoms with van der Waals surface area (Å²) < 4.78 is 0. The van der Waals surface area contributed by atoms with Crippen molar-refractivity contribution in [3.8, 4) is 0 Å². The molecular weight excluding hydrogens is 310 g/mol. The van der Waals surface area contributed by atoms with Crippen LogP contribution in [0.15, 0.2) is 54.6 Å². The molecule has 4 heteroatoms. The summed E-state index contributed by atoms with van der Waals surface area (Å²) >= 11 is 0. The van der Waals surface area contributed by atoms with Crippen molar-refractivity contribution in [1.82, 2.24) is 5.32 Å². The van der Waals surface area contributed by atoms with Gasteiger partial charge in [-0.1, -0.05) is 54.6 Å². The molecule has 0 amide bonds. The minimum absolute atomic E-state index is 0. The molecular formula is C19H24ClNO2. The Kier molecular flexibility index (Phi) is 7.79. The Hall–Kier alpha value is -1.84. The predicted octanol–water partition coefficient (Wildman–Crippen LogP) is 4.02. The lowest BCUT2D eigenvalue weighted by Crippen LogP contribution is -2.30. The number of carbonyl (C=O) groups is 1. The lowest BCUT2D eigenvalue weighted by atomic mass is 10.0. The van der Waals surface area contributed by atoms with Gasteiger partial charge in [0.05, 0.1) is 6.42 Å². The lowest BCUT2D eigenvalue weighted by Gasteiger charge is -2.20. The molecule has 23 heavy (non-hydrogen) atoms. The summed E-state index contributed by atoms with van der Waals surface area (Å²) in [6, 6.07) is 18.8. The zero-order valence-corrected chi connectivity index (χ0v) is 14.3. The Morgan fingerprint density at radius 3 is 2.35 bits per heavy atom. The SMILES string of the molecule is C[C@H](Cc1cccc(CC(=O)O)c1)N[C@H](C)c1ccccc1.Cl. The summed E-state index contributed by atoms with van der Waals surface area (Å²) in [5.74, 6) is -0.791. The molecule has 2 N–H and O–H groups in total. The maximum absolute atomic E-state index is 10.8. The highest BCUT2D eigenvalue weighted by atomic mass is 35.5. The number of carboxylic acids is 1. The fourth-order valence-corrected chi connectivity index (χ4v) is 2.72. The summed E-state index contributed by atoms with van der Waals surface area (Å²) in [5.41, 5.74) is 3.29. The van der Waals surface area contributed by atoms with Crippen molar-refractivity contribution in [3.05, 3.63) is 71.3 Å². The van der Waals surface area contributed by atoms with E-state index in [-0.39, 0.29) is 18.8 Å². The number of rotatable bonds is 7. The zero-order valence-electron chi connectivity index (χ0n) is 13.5. The summed E-state index contributed by atoms with van der Waals surface area (Å²) in [7, 11) is 0. The van der Waals surface area contributed by atoms with Gasteiger partial charge in [0.2, 0.25) is 0 Å². The molecule has 0 aliphatic rings. The highest BCUT2D eigenvalue weighted by Crippen LogP contribution is 2.14. The molecule has 124 valence electrons. The largest absolute Gasteiger partial charge is 0.481 e. The second-order valence-electron chi connectivity index (χ2n) is 5.79. The third-order valence-corrected chi connectivity index (χ3v) is 3.72. The number of hydrogen-bond donors (Lipinski definition) is 2. The molecule has 0 unspecified atom stereocenters. The number of nitrogens with one attached hydrogen (secondary N) is 1. The van der Waals surface area contributed by atoms with Gasteiger partial charge in [0.25, 0.3) is 0 Å². The van der Waals surface area contributed by atoms with Gasteiger partial charge in [-0.15, -0.1) is 12.4 Å². The van der Waals surface area contributed by atoms with Crippen LogP contribution in [0.5, 0.6) is 0 Å². The summed E-state index contributed by atoms with van der Waals surface area (Å²) in [6.45, 7) is 4.32. The minimum atomic E-state index is -0.791. The van der Waals surface area contributed by atoms with E-state index in [1.165, 1.54) is 11.1 Å². The lowest BCUT2D eigenvalue weighted by molar-refractivity contribution is -0.136. The van der Waals surface area contributed by atoms with Crippen LogP contribution in [0.2, 0.25) is 0 Å². The maximum atomic E-state index is 10.8. The Morgan fingerprint density at radius 1 is 1.04 bits per heavy atom. The molecule has 0 saturated carbocycles. The molecule has 0 heterocycles. The molecule has 0 aromatic heterocycles. The van der Waals surface area contributed by atoms with Gasteiger partial charge in [-0.3, -0.25) is 4.79 Å². The van der Waals surface area contributed by atoms with Crippen molar-refractivity contribution < 1.29 is 9.90 Å². The Bertz CT molecular complexity index is 616. The maximum Gasteiger partial charge on any atom is 0.307 e. The standard InChI is InChI=1S/C19H23NO2.ClH/c1-14(20-15(2)18-9-4-3-5-10-18)11-16-7-6-8-17(12-16)13-19(21)22;/h3-10,12,14-15,20H,11,13H2,1-2H3,(H,21,22);1H/t14-,15-;/m1./s1. The third kappa shape index (κ3) is 6.43. The molecule has 0 spiro atoms. The van der Waals surface area contributed by atoms with Crippen LogP contribution < -0.4 is 5.32 Å². The van der Waals surface area contributed by atoms with Crippen molar-refractivity contribution in [3.63, 3.8) is 0 Å². The molecule has 2 rings (SSSR count). The van der Waals surface area contributed by atoms with Gasteiger partial charge >= 0.3 is 5.97 Å². The van der Waals surface area contributed by atoms with Crippen LogP contribution in [0, 0.1) is 0 Å². The molecule has 0 fully saturated rings. The van der Waals surface area contributed by atoms with Crippen molar-refractivity contribution in [2.45, 2.75) is 38.8 Å².